The third kappa shape index (κ3) is 3.27. The number of benzene rings is 1. The second-order valence-electron chi connectivity index (χ2n) is 7.08. The van der Waals surface area contributed by atoms with Gasteiger partial charge in [-0.25, -0.2) is 14.5 Å². The van der Waals surface area contributed by atoms with Gasteiger partial charge < -0.3 is 10.0 Å². The molecule has 0 spiro atoms. The molecule has 1 heterocycles. The molecule has 1 aromatic rings. The van der Waals surface area contributed by atoms with Crippen LogP contribution < -0.4 is 0 Å². The summed E-state index contributed by atoms with van der Waals surface area (Å²) >= 11 is 0. The number of hydrogen-bond acceptors (Lipinski definition) is 3. The van der Waals surface area contributed by atoms with E-state index in [9.17, 15) is 19.5 Å². The minimum atomic E-state index is -1.57. The molecule has 3 amide bonds. The summed E-state index contributed by atoms with van der Waals surface area (Å²) in [6, 6.07) is 8.22. The molecule has 1 aliphatic rings. The summed E-state index contributed by atoms with van der Waals surface area (Å²) in [7, 11) is 0. The molecule has 24 heavy (non-hydrogen) atoms. The molecular formula is C18H24N2O4. The van der Waals surface area contributed by atoms with E-state index in [1.165, 1.54) is 18.7 Å². The standard InChI is InChI=1S/C18H24N2O4/c1-12(2)10-14-15(21)20(18(3,4)16(22)23)17(24)19(14)11-13-8-6-5-7-9-13/h5-9,12,14H,10-11H2,1-4H3,(H,22,23). The van der Waals surface area contributed by atoms with E-state index in [4.69, 9.17) is 0 Å². The van der Waals surface area contributed by atoms with Crippen LogP contribution in [0.2, 0.25) is 0 Å². The van der Waals surface area contributed by atoms with Gasteiger partial charge in [-0.1, -0.05) is 44.2 Å². The van der Waals surface area contributed by atoms with Gasteiger partial charge in [-0.2, -0.15) is 0 Å². The Labute approximate surface area is 142 Å². The Balaban J connectivity index is 2.37. The first-order chi connectivity index (χ1) is 11.2. The SMILES string of the molecule is CC(C)CC1C(=O)N(C(C)(C)C(=O)O)C(=O)N1Cc1ccccc1. The fraction of sp³-hybridized carbons (Fsp3) is 0.500. The number of nitrogens with zero attached hydrogens (tertiary/aromatic N) is 2. The quantitative estimate of drug-likeness (QED) is 0.813. The lowest BCUT2D eigenvalue weighted by molar-refractivity contribution is -0.152. The minimum absolute atomic E-state index is 0.206. The fourth-order valence-corrected chi connectivity index (χ4v) is 2.88. The van der Waals surface area contributed by atoms with Gasteiger partial charge in [0.15, 0.2) is 0 Å². The first-order valence-electron chi connectivity index (χ1n) is 8.08. The Morgan fingerprint density at radius 1 is 1.21 bits per heavy atom. The highest BCUT2D eigenvalue weighted by Gasteiger charge is 2.53. The number of carboxylic acid groups (broad SMARTS) is 1. The van der Waals surface area contributed by atoms with Gasteiger partial charge in [-0.15, -0.1) is 0 Å². The molecule has 2 rings (SSSR count). The van der Waals surface area contributed by atoms with Gasteiger partial charge in [0.1, 0.15) is 11.6 Å². The van der Waals surface area contributed by atoms with Crippen molar-refractivity contribution < 1.29 is 19.5 Å². The zero-order valence-electron chi connectivity index (χ0n) is 14.5. The lowest BCUT2D eigenvalue weighted by Crippen LogP contribution is -2.53. The highest BCUT2D eigenvalue weighted by Crippen LogP contribution is 2.30. The second kappa shape index (κ2) is 6.63. The van der Waals surface area contributed by atoms with Crippen LogP contribution in [0.15, 0.2) is 30.3 Å². The van der Waals surface area contributed by atoms with E-state index >= 15 is 0 Å². The summed E-state index contributed by atoms with van der Waals surface area (Å²) in [4.78, 5) is 39.5. The van der Waals surface area contributed by atoms with Crippen molar-refractivity contribution >= 4 is 17.9 Å². The summed E-state index contributed by atoms with van der Waals surface area (Å²) in [5.41, 5.74) is -0.670. The molecule has 0 aliphatic carbocycles. The monoisotopic (exact) mass is 332 g/mol. The Hall–Kier alpha value is -2.37. The van der Waals surface area contributed by atoms with Crippen LogP contribution in [0.3, 0.4) is 0 Å². The molecule has 0 bridgehead atoms. The molecule has 1 fully saturated rings. The maximum atomic E-state index is 12.8. The summed E-state index contributed by atoms with van der Waals surface area (Å²) in [6.45, 7) is 7.00. The van der Waals surface area contributed by atoms with Gasteiger partial charge >= 0.3 is 12.0 Å². The fourth-order valence-electron chi connectivity index (χ4n) is 2.88. The highest BCUT2D eigenvalue weighted by atomic mass is 16.4. The maximum absolute atomic E-state index is 12.8. The number of carboxylic acids is 1. The molecule has 1 aromatic carbocycles. The molecule has 1 unspecified atom stereocenters. The van der Waals surface area contributed by atoms with Crippen molar-refractivity contribution in [3.05, 3.63) is 35.9 Å². The van der Waals surface area contributed by atoms with Gasteiger partial charge in [0.25, 0.3) is 5.91 Å². The van der Waals surface area contributed by atoms with E-state index < -0.39 is 29.5 Å². The number of urea groups is 1. The Bertz CT molecular complexity index is 640. The van der Waals surface area contributed by atoms with Gasteiger partial charge in [-0.05, 0) is 31.7 Å². The van der Waals surface area contributed by atoms with Crippen LogP contribution in [0.1, 0.15) is 39.7 Å². The first kappa shape index (κ1) is 18.0. The van der Waals surface area contributed by atoms with E-state index in [-0.39, 0.29) is 12.5 Å². The molecule has 1 N–H and O–H groups in total. The third-order valence-corrected chi connectivity index (χ3v) is 4.29. The Morgan fingerprint density at radius 2 is 1.79 bits per heavy atom. The van der Waals surface area contributed by atoms with Crippen molar-refractivity contribution in [1.29, 1.82) is 0 Å². The Kier molecular flexibility index (Phi) is 4.96. The number of rotatable bonds is 6. The Morgan fingerprint density at radius 3 is 2.29 bits per heavy atom. The molecule has 1 atom stereocenters. The summed E-state index contributed by atoms with van der Waals surface area (Å²) in [5, 5.41) is 9.42. The van der Waals surface area contributed by atoms with Crippen molar-refractivity contribution in [2.45, 2.75) is 52.2 Å². The van der Waals surface area contributed by atoms with Gasteiger partial charge in [-0.3, -0.25) is 4.79 Å². The number of carbonyl (C=O) groups is 3. The molecule has 0 saturated carbocycles. The molecule has 130 valence electrons. The van der Waals surface area contributed by atoms with Crippen molar-refractivity contribution in [2.75, 3.05) is 0 Å². The number of hydrogen-bond donors (Lipinski definition) is 1. The van der Waals surface area contributed by atoms with Crippen molar-refractivity contribution in [2.24, 2.45) is 5.92 Å². The van der Waals surface area contributed by atoms with Gasteiger partial charge in [0.2, 0.25) is 0 Å². The summed E-state index contributed by atoms with van der Waals surface area (Å²) in [6.07, 6.45) is 0.504. The maximum Gasteiger partial charge on any atom is 0.329 e. The average molecular weight is 332 g/mol. The third-order valence-electron chi connectivity index (χ3n) is 4.29. The number of aliphatic carboxylic acids is 1. The first-order valence-corrected chi connectivity index (χ1v) is 8.08. The molecule has 6 heteroatoms. The average Bonchev–Trinajstić information content (AvgIpc) is 2.72. The molecule has 6 nitrogen and oxygen atoms in total. The molecule has 0 aromatic heterocycles. The van der Waals surface area contributed by atoms with Gasteiger partial charge in [0.05, 0.1) is 0 Å². The molecular weight excluding hydrogens is 308 g/mol. The highest BCUT2D eigenvalue weighted by molar-refractivity contribution is 6.07. The zero-order valence-corrected chi connectivity index (χ0v) is 14.5. The summed E-state index contributed by atoms with van der Waals surface area (Å²) < 4.78 is 0. The van der Waals surface area contributed by atoms with E-state index in [2.05, 4.69) is 0 Å². The predicted octanol–water partition coefficient (Wildman–Crippen LogP) is 2.73. The minimum Gasteiger partial charge on any atom is -0.480 e. The smallest absolute Gasteiger partial charge is 0.329 e. The van der Waals surface area contributed by atoms with Crippen molar-refractivity contribution in [3.63, 3.8) is 0 Å². The van der Waals surface area contributed by atoms with Crippen LogP contribution in [-0.2, 0) is 16.1 Å². The largest absolute Gasteiger partial charge is 0.480 e. The number of amides is 3. The van der Waals surface area contributed by atoms with Crippen molar-refractivity contribution in [3.8, 4) is 0 Å². The van der Waals surface area contributed by atoms with E-state index in [0.29, 0.717) is 6.42 Å². The van der Waals surface area contributed by atoms with Crippen LogP contribution in [-0.4, -0.2) is 44.4 Å². The van der Waals surface area contributed by atoms with Crippen LogP contribution in [0.4, 0.5) is 4.79 Å². The van der Waals surface area contributed by atoms with Crippen molar-refractivity contribution in [1.82, 2.24) is 9.80 Å². The molecule has 1 saturated heterocycles. The summed E-state index contributed by atoms with van der Waals surface area (Å²) in [5.74, 6) is -1.43. The van der Waals surface area contributed by atoms with E-state index in [0.717, 1.165) is 10.5 Å². The zero-order chi connectivity index (χ0) is 18.1. The van der Waals surface area contributed by atoms with E-state index in [1.807, 2.05) is 44.2 Å². The van der Waals surface area contributed by atoms with Crippen LogP contribution in [0, 0.1) is 5.92 Å². The second-order valence-corrected chi connectivity index (χ2v) is 7.08. The lowest BCUT2D eigenvalue weighted by atomic mass is 10.00. The topological polar surface area (TPSA) is 77.9 Å². The number of imide groups is 1. The predicted molar refractivity (Wildman–Crippen MR) is 89.2 cm³/mol. The van der Waals surface area contributed by atoms with Crippen LogP contribution in [0.5, 0.6) is 0 Å². The molecule has 0 radical (unpaired) electrons. The lowest BCUT2D eigenvalue weighted by Gasteiger charge is -2.29. The number of carbonyl (C=O) groups excluding carboxylic acids is 2. The molecule has 1 aliphatic heterocycles. The normalized spacial score (nSPS) is 18.6. The van der Waals surface area contributed by atoms with Crippen LogP contribution >= 0.6 is 0 Å². The van der Waals surface area contributed by atoms with Gasteiger partial charge in [0, 0.05) is 6.54 Å². The van der Waals surface area contributed by atoms with Crippen LogP contribution in [0.25, 0.3) is 0 Å². The van der Waals surface area contributed by atoms with E-state index in [1.54, 1.807) is 0 Å².